The summed E-state index contributed by atoms with van der Waals surface area (Å²) in [4.78, 5) is 4.49. The number of hydrogen-bond donors (Lipinski definition) is 2. The van der Waals surface area contributed by atoms with Gasteiger partial charge in [-0.3, -0.25) is 0 Å². The van der Waals surface area contributed by atoms with E-state index in [2.05, 4.69) is 54.7 Å². The monoisotopic (exact) mass is 383 g/mol. The highest BCUT2D eigenvalue weighted by Gasteiger charge is 2.06. The molecule has 2 aromatic carbocycles. The Morgan fingerprint density at radius 2 is 1.88 bits per heavy atom. The summed E-state index contributed by atoms with van der Waals surface area (Å²) < 4.78 is 1.05. The molecule has 3 rings (SSSR count). The Kier molecular flexibility index (Phi) is 5.05. The molecular weight excluding hydrogens is 366 g/mol. The van der Waals surface area contributed by atoms with Crippen molar-refractivity contribution in [3.8, 4) is 0 Å². The molecule has 0 amide bonds. The second-order valence-electron chi connectivity index (χ2n) is 5.39. The van der Waals surface area contributed by atoms with Crippen LogP contribution >= 0.6 is 15.9 Å². The van der Waals surface area contributed by atoms with Crippen LogP contribution in [0.15, 0.2) is 53.1 Å². The molecule has 0 atom stereocenters. The van der Waals surface area contributed by atoms with Crippen LogP contribution in [0.1, 0.15) is 18.1 Å². The number of benzene rings is 2. The molecule has 122 valence electrons. The van der Waals surface area contributed by atoms with Gasteiger partial charge in [-0.2, -0.15) is 10.1 Å². The predicted octanol–water partition coefficient (Wildman–Crippen LogP) is 4.99. The van der Waals surface area contributed by atoms with E-state index in [1.165, 1.54) is 5.56 Å². The van der Waals surface area contributed by atoms with Crippen molar-refractivity contribution in [2.24, 2.45) is 0 Å². The summed E-state index contributed by atoms with van der Waals surface area (Å²) in [5.41, 5.74) is 4.31. The molecule has 1 aromatic heterocycles. The van der Waals surface area contributed by atoms with E-state index in [9.17, 15) is 0 Å². The molecule has 3 aromatic rings. The third kappa shape index (κ3) is 3.89. The van der Waals surface area contributed by atoms with Crippen molar-refractivity contribution < 1.29 is 0 Å². The number of aromatic nitrogens is 3. The Morgan fingerprint density at radius 1 is 1.04 bits per heavy atom. The van der Waals surface area contributed by atoms with E-state index in [1.54, 1.807) is 6.20 Å². The Bertz CT molecular complexity index is 850. The largest absolute Gasteiger partial charge is 0.339 e. The van der Waals surface area contributed by atoms with Crippen molar-refractivity contribution in [3.05, 3.63) is 64.3 Å². The van der Waals surface area contributed by atoms with Gasteiger partial charge >= 0.3 is 0 Å². The maximum atomic E-state index is 4.49. The quantitative estimate of drug-likeness (QED) is 0.649. The van der Waals surface area contributed by atoms with Crippen LogP contribution in [0.4, 0.5) is 23.1 Å². The van der Waals surface area contributed by atoms with E-state index in [4.69, 9.17) is 0 Å². The summed E-state index contributed by atoms with van der Waals surface area (Å²) in [7, 11) is 0. The van der Waals surface area contributed by atoms with Gasteiger partial charge in [-0.15, -0.1) is 5.10 Å². The Balaban J connectivity index is 1.81. The molecule has 0 unspecified atom stereocenters. The van der Waals surface area contributed by atoms with E-state index < -0.39 is 0 Å². The fraction of sp³-hybridized carbons (Fsp3) is 0.167. The maximum Gasteiger partial charge on any atom is 0.249 e. The molecule has 0 aliphatic rings. The van der Waals surface area contributed by atoms with Crippen LogP contribution in [0.5, 0.6) is 0 Å². The second-order valence-corrected chi connectivity index (χ2v) is 6.30. The summed E-state index contributed by atoms with van der Waals surface area (Å²) in [5, 5.41) is 14.6. The van der Waals surface area contributed by atoms with Gasteiger partial charge in [-0.25, -0.2) is 0 Å². The molecule has 0 fully saturated rings. The second kappa shape index (κ2) is 7.40. The van der Waals surface area contributed by atoms with Gasteiger partial charge < -0.3 is 10.6 Å². The highest BCUT2D eigenvalue weighted by molar-refractivity contribution is 9.10. The van der Waals surface area contributed by atoms with Crippen molar-refractivity contribution >= 4 is 39.1 Å². The van der Waals surface area contributed by atoms with Crippen LogP contribution in [0.2, 0.25) is 0 Å². The number of aryl methyl sites for hydroxylation is 2. The van der Waals surface area contributed by atoms with Crippen molar-refractivity contribution in [3.63, 3.8) is 0 Å². The first-order valence-electron chi connectivity index (χ1n) is 7.73. The molecule has 0 saturated heterocycles. The topological polar surface area (TPSA) is 62.7 Å². The lowest BCUT2D eigenvalue weighted by Crippen LogP contribution is -2.04. The fourth-order valence-electron chi connectivity index (χ4n) is 2.39. The molecule has 5 nitrogen and oxygen atoms in total. The number of halogens is 1. The molecular formula is C18H18BrN5. The summed E-state index contributed by atoms with van der Waals surface area (Å²) in [6.45, 7) is 4.16. The van der Waals surface area contributed by atoms with Crippen LogP contribution in [0, 0.1) is 6.92 Å². The predicted molar refractivity (Wildman–Crippen MR) is 101 cm³/mol. The lowest BCUT2D eigenvalue weighted by molar-refractivity contribution is 0.980. The summed E-state index contributed by atoms with van der Waals surface area (Å²) >= 11 is 3.47. The van der Waals surface area contributed by atoms with Crippen LogP contribution < -0.4 is 10.6 Å². The molecule has 0 aliphatic heterocycles. The molecule has 0 bridgehead atoms. The van der Waals surface area contributed by atoms with Crippen LogP contribution in [0.3, 0.4) is 0 Å². The van der Waals surface area contributed by atoms with E-state index >= 15 is 0 Å². The van der Waals surface area contributed by atoms with E-state index in [1.807, 2.05) is 43.3 Å². The molecule has 0 spiro atoms. The molecule has 0 aliphatic carbocycles. The van der Waals surface area contributed by atoms with Gasteiger partial charge in [0.2, 0.25) is 5.95 Å². The maximum absolute atomic E-state index is 4.49. The van der Waals surface area contributed by atoms with Crippen LogP contribution in [0.25, 0.3) is 0 Å². The fourth-order valence-corrected chi connectivity index (χ4v) is 2.87. The zero-order chi connectivity index (χ0) is 16.9. The zero-order valence-corrected chi connectivity index (χ0v) is 15.1. The van der Waals surface area contributed by atoms with Crippen LogP contribution in [-0.2, 0) is 6.42 Å². The minimum atomic E-state index is 0.468. The van der Waals surface area contributed by atoms with Gasteiger partial charge in [0, 0.05) is 15.8 Å². The smallest absolute Gasteiger partial charge is 0.249 e. The Hall–Kier alpha value is -2.47. The third-order valence-corrected chi connectivity index (χ3v) is 4.15. The minimum absolute atomic E-state index is 0.468. The molecule has 2 N–H and O–H groups in total. The molecule has 0 radical (unpaired) electrons. The average Bonchev–Trinajstić information content (AvgIpc) is 2.58. The number of nitrogens with one attached hydrogen (secondary N) is 2. The SMILES string of the molecule is CCc1ccccc1Nc1nncc(Nc2ccc(Br)cc2C)n1. The van der Waals surface area contributed by atoms with Gasteiger partial charge in [0.05, 0.1) is 6.20 Å². The Morgan fingerprint density at radius 3 is 2.67 bits per heavy atom. The van der Waals surface area contributed by atoms with Crippen molar-refractivity contribution in [1.29, 1.82) is 0 Å². The standard InChI is InChI=1S/C18H18BrN5/c1-3-13-6-4-5-7-16(13)22-18-23-17(11-20-24-18)21-15-9-8-14(19)10-12(15)2/h4-11H,3H2,1-2H3,(H2,21,22,23,24). The van der Waals surface area contributed by atoms with E-state index in [0.29, 0.717) is 11.8 Å². The van der Waals surface area contributed by atoms with Gasteiger partial charge in [0.1, 0.15) is 0 Å². The summed E-state index contributed by atoms with van der Waals surface area (Å²) in [6, 6.07) is 14.2. The van der Waals surface area contributed by atoms with Gasteiger partial charge in [0.15, 0.2) is 5.82 Å². The Labute approximate surface area is 149 Å². The van der Waals surface area contributed by atoms with Crippen molar-refractivity contribution in [2.45, 2.75) is 20.3 Å². The summed E-state index contributed by atoms with van der Waals surface area (Å²) in [5.74, 6) is 1.11. The molecule has 24 heavy (non-hydrogen) atoms. The lowest BCUT2D eigenvalue weighted by Gasteiger charge is -2.11. The normalized spacial score (nSPS) is 10.5. The lowest BCUT2D eigenvalue weighted by atomic mass is 10.1. The van der Waals surface area contributed by atoms with Gasteiger partial charge in [-0.1, -0.05) is 41.1 Å². The number of hydrogen-bond acceptors (Lipinski definition) is 5. The van der Waals surface area contributed by atoms with E-state index in [-0.39, 0.29) is 0 Å². The first-order chi connectivity index (χ1) is 11.7. The minimum Gasteiger partial charge on any atom is -0.339 e. The van der Waals surface area contributed by atoms with Crippen LogP contribution in [-0.4, -0.2) is 15.2 Å². The molecule has 0 saturated carbocycles. The third-order valence-electron chi connectivity index (χ3n) is 3.65. The first-order valence-corrected chi connectivity index (χ1v) is 8.53. The van der Waals surface area contributed by atoms with Crippen molar-refractivity contribution in [1.82, 2.24) is 15.2 Å². The highest BCUT2D eigenvalue weighted by atomic mass is 79.9. The van der Waals surface area contributed by atoms with Gasteiger partial charge in [0.25, 0.3) is 0 Å². The number of para-hydroxylation sites is 1. The first kappa shape index (κ1) is 16.4. The molecule has 6 heteroatoms. The number of rotatable bonds is 5. The number of nitrogens with zero attached hydrogens (tertiary/aromatic N) is 3. The highest BCUT2D eigenvalue weighted by Crippen LogP contribution is 2.24. The van der Waals surface area contributed by atoms with Gasteiger partial charge in [-0.05, 0) is 48.7 Å². The summed E-state index contributed by atoms with van der Waals surface area (Å²) in [6.07, 6.45) is 2.55. The average molecular weight is 384 g/mol. The zero-order valence-electron chi connectivity index (χ0n) is 13.5. The van der Waals surface area contributed by atoms with Crippen molar-refractivity contribution in [2.75, 3.05) is 10.6 Å². The number of anilines is 4. The van der Waals surface area contributed by atoms with E-state index in [0.717, 1.165) is 27.8 Å². The molecule has 1 heterocycles.